The van der Waals surface area contributed by atoms with Crippen molar-refractivity contribution < 1.29 is 21.5 Å². The van der Waals surface area contributed by atoms with Gasteiger partial charge in [-0.15, -0.1) is 0 Å². The Bertz CT molecular complexity index is 1130. The van der Waals surface area contributed by atoms with Gasteiger partial charge in [0.05, 0.1) is 0 Å². The third-order valence-electron chi connectivity index (χ3n) is 5.43. The number of hydrogen-bond donors (Lipinski definition) is 0. The lowest BCUT2D eigenvalue weighted by Crippen LogP contribution is -3.00. The summed E-state index contributed by atoms with van der Waals surface area (Å²) in [4.78, 5) is 0. The van der Waals surface area contributed by atoms with Gasteiger partial charge in [-0.25, -0.2) is 0 Å². The zero-order valence-electron chi connectivity index (χ0n) is 16.4. The molecule has 30 heavy (non-hydrogen) atoms. The number of benzene rings is 4. The second kappa shape index (κ2) is 8.95. The molecule has 0 amide bonds. The van der Waals surface area contributed by atoms with Gasteiger partial charge in [0.25, 0.3) is 0 Å². The first-order chi connectivity index (χ1) is 14.4. The Hall–Kier alpha value is -2.74. The third kappa shape index (κ3) is 3.60. The van der Waals surface area contributed by atoms with E-state index in [4.69, 9.17) is 4.52 Å². The van der Waals surface area contributed by atoms with Crippen LogP contribution in [0, 0.1) is 0 Å². The molecule has 0 bridgehead atoms. The highest BCUT2D eigenvalue weighted by atomic mass is 79.9. The van der Waals surface area contributed by atoms with E-state index < -0.39 is 7.26 Å². The van der Waals surface area contributed by atoms with Crippen LogP contribution in [0.2, 0.25) is 0 Å². The summed E-state index contributed by atoms with van der Waals surface area (Å²) in [5, 5.41) is 9.66. The molecule has 0 unspecified atom stereocenters. The summed E-state index contributed by atoms with van der Waals surface area (Å²) in [6.45, 7) is 0. The monoisotopic (exact) mass is 473 g/mol. The van der Waals surface area contributed by atoms with Crippen LogP contribution in [0.1, 0.15) is 5.69 Å². The second-order valence-electron chi connectivity index (χ2n) is 7.10. The Kier molecular flexibility index (Phi) is 6.13. The molecular weight excluding hydrogens is 453 g/mol. The quantitative estimate of drug-likeness (QED) is 0.366. The second-order valence-corrected chi connectivity index (χ2v) is 10.6. The van der Waals surface area contributed by atoms with E-state index in [2.05, 4.69) is 108 Å². The lowest BCUT2D eigenvalue weighted by atomic mass is 10.2. The molecule has 0 saturated carbocycles. The highest BCUT2D eigenvalue weighted by molar-refractivity contribution is 7.95. The predicted octanol–water partition coefficient (Wildman–Crippen LogP) is 2.33. The fourth-order valence-corrected chi connectivity index (χ4v) is 8.21. The predicted molar refractivity (Wildman–Crippen MR) is 123 cm³/mol. The van der Waals surface area contributed by atoms with Gasteiger partial charge in [0, 0.05) is 5.39 Å². The maximum atomic E-state index is 5.67. The van der Waals surface area contributed by atoms with Gasteiger partial charge in [-0.3, -0.25) is 0 Å². The van der Waals surface area contributed by atoms with Crippen molar-refractivity contribution in [2.45, 2.75) is 6.16 Å². The van der Waals surface area contributed by atoms with E-state index in [-0.39, 0.29) is 17.0 Å². The highest BCUT2D eigenvalue weighted by Gasteiger charge is 2.46. The Morgan fingerprint density at radius 2 is 1.00 bits per heavy atom. The molecule has 0 radical (unpaired) electrons. The molecule has 4 heteroatoms. The summed E-state index contributed by atoms with van der Waals surface area (Å²) in [7, 11) is -1.97. The molecule has 0 N–H and O–H groups in total. The van der Waals surface area contributed by atoms with Crippen molar-refractivity contribution in [2.75, 3.05) is 0 Å². The minimum atomic E-state index is -1.97. The van der Waals surface area contributed by atoms with Crippen molar-refractivity contribution in [2.24, 2.45) is 0 Å². The van der Waals surface area contributed by atoms with Crippen LogP contribution in [0.4, 0.5) is 0 Å². The Balaban J connectivity index is 0.00000218. The number of nitrogens with zero attached hydrogens (tertiary/aromatic N) is 1. The third-order valence-corrected chi connectivity index (χ3v) is 9.74. The normalized spacial score (nSPS) is 11.2. The van der Waals surface area contributed by atoms with Crippen LogP contribution in [0.25, 0.3) is 11.0 Å². The Morgan fingerprint density at radius 1 is 0.567 bits per heavy atom. The zero-order valence-corrected chi connectivity index (χ0v) is 18.8. The lowest BCUT2D eigenvalue weighted by Gasteiger charge is -2.27. The van der Waals surface area contributed by atoms with Crippen LogP contribution >= 0.6 is 7.26 Å². The van der Waals surface area contributed by atoms with E-state index in [1.165, 1.54) is 15.9 Å². The summed E-state index contributed by atoms with van der Waals surface area (Å²) >= 11 is 0. The van der Waals surface area contributed by atoms with Gasteiger partial charge in [-0.05, 0) is 48.5 Å². The Labute approximate surface area is 187 Å². The van der Waals surface area contributed by atoms with Gasteiger partial charge in [0.1, 0.15) is 35.0 Å². The molecule has 0 aliphatic rings. The molecule has 0 aliphatic carbocycles. The minimum absolute atomic E-state index is 0. The summed E-state index contributed by atoms with van der Waals surface area (Å²) in [6, 6.07) is 40.8. The molecule has 5 aromatic rings. The summed E-state index contributed by atoms with van der Waals surface area (Å²) in [5.41, 5.74) is 1.86. The number of aromatic nitrogens is 1. The van der Waals surface area contributed by atoms with Crippen LogP contribution < -0.4 is 32.9 Å². The average Bonchev–Trinajstić information content (AvgIpc) is 3.22. The first-order valence-electron chi connectivity index (χ1n) is 9.76. The van der Waals surface area contributed by atoms with Crippen molar-refractivity contribution >= 4 is 34.1 Å². The summed E-state index contributed by atoms with van der Waals surface area (Å²) < 4.78 is 5.67. The summed E-state index contributed by atoms with van der Waals surface area (Å²) in [5.74, 6) is 0. The van der Waals surface area contributed by atoms with Crippen LogP contribution in [0.15, 0.2) is 120 Å². The van der Waals surface area contributed by atoms with Gasteiger partial charge < -0.3 is 21.5 Å². The van der Waals surface area contributed by atoms with Crippen molar-refractivity contribution in [1.82, 2.24) is 5.16 Å². The minimum Gasteiger partial charge on any atom is -1.00 e. The molecule has 5 rings (SSSR count). The van der Waals surface area contributed by atoms with Gasteiger partial charge >= 0.3 is 0 Å². The van der Waals surface area contributed by atoms with Crippen LogP contribution in [-0.2, 0) is 6.16 Å². The molecule has 4 aromatic carbocycles. The van der Waals surface area contributed by atoms with Crippen LogP contribution in [-0.4, -0.2) is 5.16 Å². The van der Waals surface area contributed by atoms with E-state index in [0.29, 0.717) is 0 Å². The van der Waals surface area contributed by atoms with Crippen LogP contribution in [0.3, 0.4) is 0 Å². The highest BCUT2D eigenvalue weighted by Crippen LogP contribution is 2.58. The summed E-state index contributed by atoms with van der Waals surface area (Å²) in [6.07, 6.45) is 0.821. The molecule has 2 nitrogen and oxygen atoms in total. The zero-order chi connectivity index (χ0) is 19.5. The fraction of sp³-hybridized carbons (Fsp3) is 0.0385. The van der Waals surface area contributed by atoms with Gasteiger partial charge in [-0.1, -0.05) is 71.9 Å². The topological polar surface area (TPSA) is 26.0 Å². The number of hydrogen-bond acceptors (Lipinski definition) is 2. The molecule has 148 valence electrons. The SMILES string of the molecule is [Br-].c1ccc([P+](Cc2noc3ccccc23)(c2ccccc2)c2ccccc2)cc1. The lowest BCUT2D eigenvalue weighted by molar-refractivity contribution is -0.00000596. The molecule has 0 atom stereocenters. The number of para-hydroxylation sites is 1. The van der Waals surface area contributed by atoms with E-state index in [1.54, 1.807) is 0 Å². The van der Waals surface area contributed by atoms with E-state index in [9.17, 15) is 0 Å². The van der Waals surface area contributed by atoms with Crippen LogP contribution in [0.5, 0.6) is 0 Å². The van der Waals surface area contributed by atoms with E-state index >= 15 is 0 Å². The molecule has 1 heterocycles. The Morgan fingerprint density at radius 3 is 1.50 bits per heavy atom. The van der Waals surface area contributed by atoms with Crippen molar-refractivity contribution in [3.05, 3.63) is 121 Å². The molecule has 0 saturated heterocycles. The maximum Gasteiger partial charge on any atom is 0.167 e. The number of halogens is 1. The van der Waals surface area contributed by atoms with E-state index in [0.717, 1.165) is 22.8 Å². The number of rotatable bonds is 5. The fourth-order valence-electron chi connectivity index (χ4n) is 4.05. The first kappa shape index (κ1) is 20.5. The standard InChI is InChI=1S/C26H21NOP.BrH/c1-4-12-21(13-5-1)29(22-14-6-2-7-15-22,23-16-8-3-9-17-23)20-25-24-18-10-11-19-26(24)28-27-25;/h1-19H,20H2;1H/q+1;/p-1. The average molecular weight is 474 g/mol. The van der Waals surface area contributed by atoms with Gasteiger partial charge in [0.15, 0.2) is 5.58 Å². The number of fused-ring (bicyclic) bond motifs is 1. The van der Waals surface area contributed by atoms with Crippen molar-refractivity contribution in [3.8, 4) is 0 Å². The first-order valence-corrected chi connectivity index (χ1v) is 11.7. The van der Waals surface area contributed by atoms with Gasteiger partial charge in [0.2, 0.25) is 0 Å². The largest absolute Gasteiger partial charge is 1.00 e. The molecule has 1 aromatic heterocycles. The molecule has 0 aliphatic heterocycles. The van der Waals surface area contributed by atoms with Crippen molar-refractivity contribution in [3.63, 3.8) is 0 Å². The molecule has 0 spiro atoms. The smallest absolute Gasteiger partial charge is 0.167 e. The van der Waals surface area contributed by atoms with Gasteiger partial charge in [-0.2, -0.15) is 0 Å². The molecular formula is C26H21BrNOP. The van der Waals surface area contributed by atoms with E-state index in [1.807, 2.05) is 12.1 Å². The van der Waals surface area contributed by atoms with Crippen molar-refractivity contribution in [1.29, 1.82) is 0 Å². The maximum absolute atomic E-state index is 5.67. The molecule has 0 fully saturated rings.